The lowest BCUT2D eigenvalue weighted by Gasteiger charge is -2.36. The number of carbonyl (C=O) groups is 3. The van der Waals surface area contributed by atoms with E-state index >= 15 is 0 Å². The molecule has 6 rings (SSSR count). The van der Waals surface area contributed by atoms with Gasteiger partial charge in [-0.05, 0) is 54.7 Å². The van der Waals surface area contributed by atoms with Crippen molar-refractivity contribution in [1.82, 2.24) is 25.9 Å². The molecule has 5 N–H and O–H groups in total. The maximum atomic E-state index is 13.2. The van der Waals surface area contributed by atoms with E-state index in [9.17, 15) is 19.5 Å². The highest BCUT2D eigenvalue weighted by Gasteiger charge is 2.34. The molecule has 3 amide bonds. The smallest absolute Gasteiger partial charge is 0.276 e. The van der Waals surface area contributed by atoms with Gasteiger partial charge in [-0.1, -0.05) is 48.5 Å². The largest absolute Gasteiger partial charge is 0.388 e. The lowest BCUT2D eigenvalue weighted by Crippen LogP contribution is -2.48. The molecule has 10 heteroatoms. The van der Waals surface area contributed by atoms with Crippen LogP contribution in [0.25, 0.3) is 10.9 Å². The second-order valence-electron chi connectivity index (χ2n) is 10.1. The minimum absolute atomic E-state index is 0.0645. The van der Waals surface area contributed by atoms with Gasteiger partial charge < -0.3 is 15.7 Å². The highest BCUT2D eigenvalue weighted by atomic mass is 16.3. The molecule has 0 spiro atoms. The topological polar surface area (TPSA) is 137 Å². The normalized spacial score (nSPS) is 17.6. The van der Waals surface area contributed by atoms with Gasteiger partial charge in [-0.15, -0.1) is 0 Å². The second-order valence-corrected chi connectivity index (χ2v) is 10.1. The molecule has 4 aromatic rings. The number of para-hydroxylation sites is 1. The van der Waals surface area contributed by atoms with Crippen molar-refractivity contribution in [2.75, 3.05) is 11.9 Å². The number of nitrogens with one attached hydrogen (secondary N) is 4. The molecule has 1 aliphatic heterocycles. The Bertz CT molecular complexity index is 1570. The van der Waals surface area contributed by atoms with Gasteiger partial charge in [-0.3, -0.25) is 24.5 Å². The van der Waals surface area contributed by atoms with Crippen LogP contribution in [-0.4, -0.2) is 44.8 Å². The number of fused-ring (bicyclic) bond motifs is 2. The molecule has 1 atom stereocenters. The average Bonchev–Trinajstić information content (AvgIpc) is 3.30. The van der Waals surface area contributed by atoms with Crippen molar-refractivity contribution in [1.29, 1.82) is 0 Å². The van der Waals surface area contributed by atoms with Crippen molar-refractivity contribution < 1.29 is 19.5 Å². The molecule has 198 valence electrons. The van der Waals surface area contributed by atoms with E-state index in [1.54, 1.807) is 24.3 Å². The summed E-state index contributed by atoms with van der Waals surface area (Å²) >= 11 is 0. The first-order chi connectivity index (χ1) is 18.9. The predicted octanol–water partition coefficient (Wildman–Crippen LogP) is 2.66. The van der Waals surface area contributed by atoms with Gasteiger partial charge in [0, 0.05) is 23.2 Å². The number of aliphatic hydroxyl groups is 1. The lowest BCUT2D eigenvalue weighted by atomic mass is 9.80. The van der Waals surface area contributed by atoms with E-state index in [1.807, 2.05) is 48.5 Å². The van der Waals surface area contributed by atoms with Crippen molar-refractivity contribution in [2.45, 2.75) is 37.5 Å². The number of nitrogens with zero attached hydrogens (tertiary/aromatic N) is 2. The Morgan fingerprint density at radius 2 is 1.77 bits per heavy atom. The molecule has 1 aliphatic carbocycles. The van der Waals surface area contributed by atoms with Gasteiger partial charge >= 0.3 is 0 Å². The molecule has 0 saturated heterocycles. The summed E-state index contributed by atoms with van der Waals surface area (Å²) in [5.41, 5.74) is 8.81. The highest BCUT2D eigenvalue weighted by molar-refractivity contribution is 6.11. The average molecular weight is 525 g/mol. The number of rotatable bonds is 7. The summed E-state index contributed by atoms with van der Waals surface area (Å²) in [6.45, 7) is 0.147. The third kappa shape index (κ3) is 4.87. The fourth-order valence-corrected chi connectivity index (χ4v) is 5.08. The summed E-state index contributed by atoms with van der Waals surface area (Å²) in [6, 6.07) is 21.8. The van der Waals surface area contributed by atoms with E-state index in [0.717, 1.165) is 17.5 Å². The molecule has 0 bridgehead atoms. The number of anilines is 1. The molecule has 1 aromatic heterocycles. The third-order valence-electron chi connectivity index (χ3n) is 7.41. The van der Waals surface area contributed by atoms with Gasteiger partial charge in [0.05, 0.1) is 17.2 Å². The van der Waals surface area contributed by atoms with Crippen LogP contribution in [0, 0.1) is 0 Å². The van der Waals surface area contributed by atoms with E-state index in [4.69, 9.17) is 0 Å². The Labute approximate surface area is 224 Å². The van der Waals surface area contributed by atoms with Crippen LogP contribution in [0.1, 0.15) is 57.3 Å². The monoisotopic (exact) mass is 524 g/mol. The van der Waals surface area contributed by atoms with Gasteiger partial charge in [0.1, 0.15) is 6.54 Å². The highest BCUT2D eigenvalue weighted by Crippen LogP contribution is 2.31. The number of aromatic nitrogens is 2. The number of hydrogen-bond acceptors (Lipinski definition) is 6. The van der Waals surface area contributed by atoms with Crippen LogP contribution in [0.4, 0.5) is 5.69 Å². The number of benzene rings is 3. The Hall–Kier alpha value is -4.54. The van der Waals surface area contributed by atoms with E-state index in [1.165, 1.54) is 4.68 Å². The fraction of sp³-hybridized carbons (Fsp3) is 0.241. The van der Waals surface area contributed by atoms with Gasteiger partial charge in [-0.2, -0.15) is 5.10 Å². The molecule has 1 saturated carbocycles. The minimum atomic E-state index is -0.813. The van der Waals surface area contributed by atoms with E-state index in [0.29, 0.717) is 35.0 Å². The number of hydrazine groups is 1. The van der Waals surface area contributed by atoms with Crippen molar-refractivity contribution >= 4 is 34.3 Å². The number of hydrogen-bond donors (Lipinski definition) is 5. The van der Waals surface area contributed by atoms with Crippen molar-refractivity contribution in [3.8, 4) is 0 Å². The standard InChI is InChI=1S/C29H28N6O4/c36-24(30-17-29(39)14-5-15-29)16-35-23-9-4-3-8-22(23)26(34-35)28(38)31-19-12-10-18(11-13-19)25-20-6-1-2-7-21(20)27(37)33-32-25/h1-4,6-13,25,32,39H,5,14-17H2,(H,30,36)(H,31,38)(H,33,37). The Morgan fingerprint density at radius 3 is 2.54 bits per heavy atom. The van der Waals surface area contributed by atoms with Gasteiger partial charge in [0.25, 0.3) is 11.8 Å². The maximum absolute atomic E-state index is 13.2. The molecule has 39 heavy (non-hydrogen) atoms. The van der Waals surface area contributed by atoms with Crippen molar-refractivity contribution in [3.63, 3.8) is 0 Å². The lowest BCUT2D eigenvalue weighted by molar-refractivity contribution is -0.124. The molecule has 1 unspecified atom stereocenters. The van der Waals surface area contributed by atoms with Crippen LogP contribution in [0.2, 0.25) is 0 Å². The van der Waals surface area contributed by atoms with E-state index in [-0.39, 0.29) is 36.6 Å². The molecule has 10 nitrogen and oxygen atoms in total. The third-order valence-corrected chi connectivity index (χ3v) is 7.41. The predicted molar refractivity (Wildman–Crippen MR) is 145 cm³/mol. The quantitative estimate of drug-likeness (QED) is 0.252. The van der Waals surface area contributed by atoms with E-state index < -0.39 is 11.5 Å². The summed E-state index contributed by atoms with van der Waals surface area (Å²) in [5, 5.41) is 21.0. The summed E-state index contributed by atoms with van der Waals surface area (Å²) in [5.74, 6) is -0.846. The van der Waals surface area contributed by atoms with Crippen LogP contribution in [0.3, 0.4) is 0 Å². The van der Waals surface area contributed by atoms with Crippen molar-refractivity contribution in [3.05, 3.63) is 95.2 Å². The summed E-state index contributed by atoms with van der Waals surface area (Å²) < 4.78 is 1.51. The van der Waals surface area contributed by atoms with Crippen LogP contribution < -0.4 is 21.5 Å². The summed E-state index contributed by atoms with van der Waals surface area (Å²) in [4.78, 5) is 37.9. The summed E-state index contributed by atoms with van der Waals surface area (Å²) in [7, 11) is 0. The molecule has 2 aliphatic rings. The van der Waals surface area contributed by atoms with Crippen LogP contribution >= 0.6 is 0 Å². The Morgan fingerprint density at radius 1 is 1.03 bits per heavy atom. The zero-order valence-electron chi connectivity index (χ0n) is 21.1. The van der Waals surface area contributed by atoms with Crippen LogP contribution in [-0.2, 0) is 11.3 Å². The van der Waals surface area contributed by atoms with Gasteiger partial charge in [0.2, 0.25) is 5.91 Å². The molecule has 3 aromatic carbocycles. The number of amides is 3. The first-order valence-electron chi connectivity index (χ1n) is 12.9. The minimum Gasteiger partial charge on any atom is -0.388 e. The number of carbonyl (C=O) groups excluding carboxylic acids is 3. The second kappa shape index (κ2) is 9.97. The Balaban J connectivity index is 1.17. The molecule has 0 radical (unpaired) electrons. The zero-order chi connectivity index (χ0) is 27.0. The zero-order valence-corrected chi connectivity index (χ0v) is 21.1. The molecular formula is C29H28N6O4. The maximum Gasteiger partial charge on any atom is 0.276 e. The van der Waals surface area contributed by atoms with Crippen LogP contribution in [0.15, 0.2) is 72.8 Å². The molecule has 2 heterocycles. The SMILES string of the molecule is O=C(Cn1nc(C(=O)Nc2ccc(C3NNC(=O)c4ccccc43)cc2)c2ccccc21)NCC1(O)CCC1. The fourth-order valence-electron chi connectivity index (χ4n) is 5.08. The van der Waals surface area contributed by atoms with Gasteiger partial charge in [0.15, 0.2) is 5.69 Å². The van der Waals surface area contributed by atoms with Crippen molar-refractivity contribution in [2.24, 2.45) is 0 Å². The Kier molecular flexibility index (Phi) is 6.34. The van der Waals surface area contributed by atoms with E-state index in [2.05, 4.69) is 26.6 Å². The molecule has 1 fully saturated rings. The first kappa shape index (κ1) is 24.8. The first-order valence-corrected chi connectivity index (χ1v) is 12.9. The molecular weight excluding hydrogens is 496 g/mol. The summed E-state index contributed by atoms with van der Waals surface area (Å²) in [6.07, 6.45) is 2.33. The van der Waals surface area contributed by atoms with Gasteiger partial charge in [-0.25, -0.2) is 5.43 Å². The van der Waals surface area contributed by atoms with Crippen LogP contribution in [0.5, 0.6) is 0 Å².